The number of rotatable bonds is 6. The van der Waals surface area contributed by atoms with Crippen molar-refractivity contribution in [3.63, 3.8) is 0 Å². The minimum absolute atomic E-state index is 0.730. The summed E-state index contributed by atoms with van der Waals surface area (Å²) in [6, 6.07) is 18.8. The lowest BCUT2D eigenvalue weighted by atomic mass is 9.77. The molecule has 156 valence electrons. The molecule has 29 heavy (non-hydrogen) atoms. The van der Waals surface area contributed by atoms with Crippen molar-refractivity contribution < 1.29 is 0 Å². The summed E-state index contributed by atoms with van der Waals surface area (Å²) in [6.07, 6.45) is 13.6. The Bertz CT molecular complexity index is 729. The molecule has 2 aromatic carbocycles. The molecule has 0 amide bonds. The van der Waals surface area contributed by atoms with Crippen LogP contribution in [0.5, 0.6) is 0 Å². The van der Waals surface area contributed by atoms with Crippen molar-refractivity contribution in [2.45, 2.75) is 83.0 Å². The van der Waals surface area contributed by atoms with Crippen LogP contribution in [0, 0.1) is 11.8 Å². The van der Waals surface area contributed by atoms with Crippen LogP contribution in [-0.2, 0) is 0 Å². The molecule has 4 rings (SSSR count). The fraction of sp³-hybridized carbons (Fsp3) is 0.571. The van der Waals surface area contributed by atoms with Crippen molar-refractivity contribution in [3.05, 3.63) is 59.7 Å². The van der Waals surface area contributed by atoms with Crippen molar-refractivity contribution in [2.75, 3.05) is 5.88 Å². The second-order valence-electron chi connectivity index (χ2n) is 9.62. The first-order chi connectivity index (χ1) is 14.3. The maximum atomic E-state index is 6.04. The van der Waals surface area contributed by atoms with Crippen LogP contribution < -0.4 is 0 Å². The summed E-state index contributed by atoms with van der Waals surface area (Å²) in [5.74, 6) is 4.07. The van der Waals surface area contributed by atoms with Gasteiger partial charge >= 0.3 is 0 Å². The zero-order valence-corrected chi connectivity index (χ0v) is 18.8. The van der Waals surface area contributed by atoms with E-state index < -0.39 is 0 Å². The first kappa shape index (κ1) is 21.0. The van der Waals surface area contributed by atoms with Gasteiger partial charge < -0.3 is 0 Å². The zero-order valence-electron chi connectivity index (χ0n) is 18.1. The quantitative estimate of drug-likeness (QED) is 0.418. The lowest BCUT2D eigenvalue weighted by Gasteiger charge is -2.28. The third-order valence-electron chi connectivity index (χ3n) is 7.71. The summed E-state index contributed by atoms with van der Waals surface area (Å²) in [4.78, 5) is 0. The van der Waals surface area contributed by atoms with Gasteiger partial charge in [-0.3, -0.25) is 0 Å². The molecule has 0 aliphatic heterocycles. The molecule has 1 heteroatoms. The van der Waals surface area contributed by atoms with Crippen molar-refractivity contribution in [1.82, 2.24) is 0 Å². The topological polar surface area (TPSA) is 0 Å². The second kappa shape index (κ2) is 10.2. The van der Waals surface area contributed by atoms with Gasteiger partial charge in [-0.15, -0.1) is 11.6 Å². The monoisotopic (exact) mass is 408 g/mol. The van der Waals surface area contributed by atoms with E-state index in [1.807, 2.05) is 0 Å². The Labute approximate surface area is 183 Å². The Morgan fingerprint density at radius 1 is 0.621 bits per heavy atom. The molecule has 2 aliphatic carbocycles. The van der Waals surface area contributed by atoms with Gasteiger partial charge in [-0.1, -0.05) is 68.3 Å². The largest absolute Gasteiger partial charge is 0.126 e. The van der Waals surface area contributed by atoms with E-state index in [0.717, 1.165) is 29.6 Å². The highest BCUT2D eigenvalue weighted by Crippen LogP contribution is 2.39. The summed E-state index contributed by atoms with van der Waals surface area (Å²) < 4.78 is 0. The number of benzene rings is 2. The van der Waals surface area contributed by atoms with Gasteiger partial charge in [0, 0.05) is 5.88 Å². The molecule has 0 aromatic heterocycles. The summed E-state index contributed by atoms with van der Waals surface area (Å²) in [5, 5.41) is 0. The molecule has 0 bridgehead atoms. The first-order valence-corrected chi connectivity index (χ1v) is 12.6. The highest BCUT2D eigenvalue weighted by molar-refractivity contribution is 6.18. The molecule has 2 aliphatic rings. The molecule has 2 fully saturated rings. The second-order valence-corrected chi connectivity index (χ2v) is 9.93. The van der Waals surface area contributed by atoms with Crippen LogP contribution in [0.2, 0.25) is 0 Å². The van der Waals surface area contributed by atoms with E-state index in [0.29, 0.717) is 0 Å². The third-order valence-corrected chi connectivity index (χ3v) is 8.14. The van der Waals surface area contributed by atoms with E-state index in [4.69, 9.17) is 11.6 Å². The highest BCUT2D eigenvalue weighted by atomic mass is 35.5. The number of halogens is 1. The minimum atomic E-state index is 0.730. The zero-order chi connectivity index (χ0) is 20.1. The average molecular weight is 409 g/mol. The number of alkyl halides is 1. The van der Waals surface area contributed by atoms with Gasteiger partial charge in [0.2, 0.25) is 0 Å². The third kappa shape index (κ3) is 5.26. The predicted molar refractivity (Wildman–Crippen MR) is 127 cm³/mol. The Morgan fingerprint density at radius 3 is 1.41 bits per heavy atom. The van der Waals surface area contributed by atoms with Gasteiger partial charge in [-0.25, -0.2) is 0 Å². The molecular formula is C28H37Cl. The molecule has 0 radical (unpaired) electrons. The van der Waals surface area contributed by atoms with Crippen molar-refractivity contribution >= 4 is 11.6 Å². The molecule has 0 unspecified atom stereocenters. The first-order valence-electron chi connectivity index (χ1n) is 12.0. The number of hydrogen-bond donors (Lipinski definition) is 0. The van der Waals surface area contributed by atoms with E-state index in [9.17, 15) is 0 Å². The molecular weight excluding hydrogens is 372 g/mol. The van der Waals surface area contributed by atoms with Crippen LogP contribution in [0.4, 0.5) is 0 Å². The molecule has 2 aromatic rings. The normalized spacial score (nSPS) is 27.7. The Balaban J connectivity index is 1.36. The molecule has 0 atom stereocenters. The van der Waals surface area contributed by atoms with E-state index in [1.54, 1.807) is 5.56 Å². The van der Waals surface area contributed by atoms with Crippen molar-refractivity contribution in [2.24, 2.45) is 11.8 Å². The molecule has 0 nitrogen and oxygen atoms in total. The highest BCUT2D eigenvalue weighted by Gasteiger charge is 2.23. The smallest absolute Gasteiger partial charge is 0.0251 e. The standard InChI is InChI=1S/C28H37Cl/c1-2-3-21-4-8-23(9-5-21)25-12-16-27(17-13-25)28-18-14-26(15-19-28)24-10-6-22(20-29)7-11-24/h12-19,21-24H,2-11,20H2,1H3. The van der Waals surface area contributed by atoms with Crippen LogP contribution in [0.3, 0.4) is 0 Å². The fourth-order valence-electron chi connectivity index (χ4n) is 5.74. The average Bonchev–Trinajstić information content (AvgIpc) is 2.80. The van der Waals surface area contributed by atoms with E-state index in [-0.39, 0.29) is 0 Å². The van der Waals surface area contributed by atoms with Gasteiger partial charge in [0.15, 0.2) is 0 Å². The van der Waals surface area contributed by atoms with Crippen molar-refractivity contribution in [1.29, 1.82) is 0 Å². The predicted octanol–water partition coefficient (Wildman–Crippen LogP) is 8.94. The van der Waals surface area contributed by atoms with Crippen LogP contribution in [0.25, 0.3) is 11.1 Å². The lowest BCUT2D eigenvalue weighted by Crippen LogP contribution is -2.14. The van der Waals surface area contributed by atoms with E-state index in [1.165, 1.54) is 80.9 Å². The summed E-state index contributed by atoms with van der Waals surface area (Å²) in [5.41, 5.74) is 5.77. The summed E-state index contributed by atoms with van der Waals surface area (Å²) in [6.45, 7) is 2.32. The SMILES string of the molecule is CCCC1CCC(c2ccc(-c3ccc(C4CCC(CCl)CC4)cc3)cc2)CC1. The summed E-state index contributed by atoms with van der Waals surface area (Å²) in [7, 11) is 0. The molecule has 0 N–H and O–H groups in total. The Hall–Kier alpha value is -1.27. The van der Waals surface area contributed by atoms with Gasteiger partial charge in [0.05, 0.1) is 0 Å². The van der Waals surface area contributed by atoms with E-state index >= 15 is 0 Å². The van der Waals surface area contributed by atoms with Gasteiger partial charge in [-0.05, 0) is 97.3 Å². The lowest BCUT2D eigenvalue weighted by molar-refractivity contribution is 0.308. The number of hydrogen-bond acceptors (Lipinski definition) is 0. The van der Waals surface area contributed by atoms with E-state index in [2.05, 4.69) is 55.5 Å². The van der Waals surface area contributed by atoms with Crippen LogP contribution in [0.15, 0.2) is 48.5 Å². The minimum Gasteiger partial charge on any atom is -0.126 e. The van der Waals surface area contributed by atoms with Gasteiger partial charge in [-0.2, -0.15) is 0 Å². The van der Waals surface area contributed by atoms with Gasteiger partial charge in [0.25, 0.3) is 0 Å². The van der Waals surface area contributed by atoms with Crippen LogP contribution in [0.1, 0.15) is 94.1 Å². The molecule has 0 heterocycles. The Kier molecular flexibility index (Phi) is 7.35. The molecule has 2 saturated carbocycles. The summed E-state index contributed by atoms with van der Waals surface area (Å²) >= 11 is 6.04. The molecule has 0 saturated heterocycles. The van der Waals surface area contributed by atoms with Gasteiger partial charge in [0.1, 0.15) is 0 Å². The van der Waals surface area contributed by atoms with Crippen LogP contribution >= 0.6 is 11.6 Å². The maximum absolute atomic E-state index is 6.04. The maximum Gasteiger partial charge on any atom is 0.0251 e. The molecule has 0 spiro atoms. The Morgan fingerprint density at radius 2 is 1.03 bits per heavy atom. The fourth-order valence-corrected chi connectivity index (χ4v) is 6.05. The van der Waals surface area contributed by atoms with Crippen LogP contribution in [-0.4, -0.2) is 5.88 Å². The van der Waals surface area contributed by atoms with Crippen molar-refractivity contribution in [3.8, 4) is 11.1 Å².